The van der Waals surface area contributed by atoms with Crippen molar-refractivity contribution in [3.8, 4) is 5.75 Å². The van der Waals surface area contributed by atoms with Crippen LogP contribution < -0.4 is 15.4 Å². The second kappa shape index (κ2) is 7.85. The summed E-state index contributed by atoms with van der Waals surface area (Å²) in [6, 6.07) is 7.58. The number of amides is 2. The number of anilines is 1. The molecule has 2 N–H and O–H groups in total. The van der Waals surface area contributed by atoms with Crippen molar-refractivity contribution in [3.05, 3.63) is 24.3 Å². The molecule has 2 aliphatic rings. The lowest BCUT2D eigenvalue weighted by Gasteiger charge is -2.33. The summed E-state index contributed by atoms with van der Waals surface area (Å²) in [6.07, 6.45) is 1.76. The van der Waals surface area contributed by atoms with Gasteiger partial charge in [0.15, 0.2) is 6.10 Å². The molecule has 24 heavy (non-hydrogen) atoms. The van der Waals surface area contributed by atoms with Crippen molar-refractivity contribution in [1.82, 2.24) is 4.90 Å². The van der Waals surface area contributed by atoms with Gasteiger partial charge in [-0.15, -0.1) is 12.4 Å². The number of carbonyl (C=O) groups is 2. The third-order valence-corrected chi connectivity index (χ3v) is 4.59. The summed E-state index contributed by atoms with van der Waals surface area (Å²) in [6.45, 7) is 3.38. The largest absolute Gasteiger partial charge is 0.479 e. The van der Waals surface area contributed by atoms with Gasteiger partial charge in [-0.3, -0.25) is 9.59 Å². The van der Waals surface area contributed by atoms with Gasteiger partial charge in [0.1, 0.15) is 5.75 Å². The van der Waals surface area contributed by atoms with Crippen LogP contribution >= 0.6 is 12.4 Å². The van der Waals surface area contributed by atoms with E-state index in [1.807, 2.05) is 29.2 Å². The number of hydrogen-bond donors (Lipinski definition) is 1. The number of benzene rings is 1. The molecule has 132 valence electrons. The van der Waals surface area contributed by atoms with E-state index in [0.717, 1.165) is 25.1 Å². The van der Waals surface area contributed by atoms with Crippen LogP contribution in [0.25, 0.3) is 0 Å². The number of halogens is 1. The monoisotopic (exact) mass is 353 g/mol. The summed E-state index contributed by atoms with van der Waals surface area (Å²) in [7, 11) is 0. The molecular formula is C17H24ClN3O3. The highest BCUT2D eigenvalue weighted by atomic mass is 35.5. The summed E-state index contributed by atoms with van der Waals surface area (Å²) < 4.78 is 5.61. The van der Waals surface area contributed by atoms with Crippen molar-refractivity contribution in [2.45, 2.75) is 38.3 Å². The molecule has 7 heteroatoms. The third-order valence-electron chi connectivity index (χ3n) is 4.59. The zero-order valence-corrected chi connectivity index (χ0v) is 14.6. The molecule has 6 nitrogen and oxygen atoms in total. The molecule has 1 fully saturated rings. The van der Waals surface area contributed by atoms with Crippen LogP contribution in [0.1, 0.15) is 26.2 Å². The molecule has 0 radical (unpaired) electrons. The Morgan fingerprint density at radius 1 is 1.38 bits per heavy atom. The Labute approximate surface area is 148 Å². The van der Waals surface area contributed by atoms with E-state index in [0.29, 0.717) is 25.3 Å². The molecule has 0 aromatic heterocycles. The van der Waals surface area contributed by atoms with Crippen molar-refractivity contribution in [2.24, 2.45) is 5.73 Å². The first-order valence-corrected chi connectivity index (χ1v) is 8.18. The Balaban J connectivity index is 0.00000208. The summed E-state index contributed by atoms with van der Waals surface area (Å²) in [4.78, 5) is 28.4. The summed E-state index contributed by atoms with van der Waals surface area (Å²) in [5.74, 6) is 0.656. The quantitative estimate of drug-likeness (QED) is 0.891. The van der Waals surface area contributed by atoms with E-state index in [9.17, 15) is 9.59 Å². The number of rotatable bonds is 4. The molecule has 2 amide bonds. The number of nitrogens with two attached hydrogens (primary N) is 1. The molecule has 0 spiro atoms. The third kappa shape index (κ3) is 3.49. The predicted octanol–water partition coefficient (Wildman–Crippen LogP) is 1.56. The Morgan fingerprint density at radius 3 is 2.88 bits per heavy atom. The molecule has 1 saturated heterocycles. The number of fused-ring (bicyclic) bond motifs is 1. The number of ether oxygens (including phenoxy) is 1. The van der Waals surface area contributed by atoms with E-state index in [1.54, 1.807) is 11.8 Å². The highest BCUT2D eigenvalue weighted by Crippen LogP contribution is 2.33. The first kappa shape index (κ1) is 18.5. The first-order valence-electron chi connectivity index (χ1n) is 8.18. The molecule has 1 aromatic carbocycles. The van der Waals surface area contributed by atoms with Gasteiger partial charge in [-0.2, -0.15) is 0 Å². The Bertz CT molecular complexity index is 610. The molecule has 0 saturated carbocycles. The lowest BCUT2D eigenvalue weighted by atomic mass is 10.1. The molecule has 0 bridgehead atoms. The second-order valence-electron chi connectivity index (χ2n) is 6.09. The molecule has 1 aromatic rings. The van der Waals surface area contributed by atoms with E-state index in [2.05, 4.69) is 0 Å². The van der Waals surface area contributed by atoms with E-state index >= 15 is 0 Å². The van der Waals surface area contributed by atoms with Crippen molar-refractivity contribution in [1.29, 1.82) is 0 Å². The second-order valence-corrected chi connectivity index (χ2v) is 6.09. The van der Waals surface area contributed by atoms with Crippen molar-refractivity contribution < 1.29 is 14.3 Å². The molecule has 2 heterocycles. The standard InChI is InChI=1S/C17H23N3O3.ClH/c1-12-17(22)20(14-6-2-3-7-15(14)23-12)10-8-16(21)19-9-4-5-13(19)11-18;/h2-3,6-7,12-13H,4-5,8-11,18H2,1H3;1H. The fourth-order valence-electron chi connectivity index (χ4n) is 3.35. The van der Waals surface area contributed by atoms with E-state index in [1.165, 1.54) is 0 Å². The zero-order valence-electron chi connectivity index (χ0n) is 13.8. The van der Waals surface area contributed by atoms with Crippen LogP contribution in [0.3, 0.4) is 0 Å². The van der Waals surface area contributed by atoms with Gasteiger partial charge in [0.25, 0.3) is 5.91 Å². The van der Waals surface area contributed by atoms with Crippen LogP contribution in [-0.2, 0) is 9.59 Å². The van der Waals surface area contributed by atoms with Crippen LogP contribution in [0.5, 0.6) is 5.75 Å². The Morgan fingerprint density at radius 2 is 2.12 bits per heavy atom. The van der Waals surface area contributed by atoms with Crippen molar-refractivity contribution >= 4 is 29.9 Å². The van der Waals surface area contributed by atoms with Crippen LogP contribution in [0, 0.1) is 0 Å². The van der Waals surface area contributed by atoms with Crippen LogP contribution in [0.15, 0.2) is 24.3 Å². The van der Waals surface area contributed by atoms with Crippen LogP contribution in [-0.4, -0.2) is 48.5 Å². The number of nitrogens with zero attached hydrogens (tertiary/aromatic N) is 2. The van der Waals surface area contributed by atoms with Crippen LogP contribution in [0.2, 0.25) is 0 Å². The maximum absolute atomic E-state index is 12.5. The average Bonchev–Trinajstić information content (AvgIpc) is 3.04. The minimum absolute atomic E-state index is 0. The van der Waals surface area contributed by atoms with Gasteiger partial charge in [0, 0.05) is 32.1 Å². The molecule has 2 unspecified atom stereocenters. The minimum Gasteiger partial charge on any atom is -0.479 e. The highest BCUT2D eigenvalue weighted by molar-refractivity contribution is 6.00. The molecule has 2 aliphatic heterocycles. The van der Waals surface area contributed by atoms with Gasteiger partial charge >= 0.3 is 0 Å². The fraction of sp³-hybridized carbons (Fsp3) is 0.529. The lowest BCUT2D eigenvalue weighted by molar-refractivity contribution is -0.131. The maximum atomic E-state index is 12.5. The summed E-state index contributed by atoms with van der Waals surface area (Å²) in [5, 5.41) is 0. The molecule has 2 atom stereocenters. The summed E-state index contributed by atoms with van der Waals surface area (Å²) >= 11 is 0. The number of para-hydroxylation sites is 2. The predicted molar refractivity (Wildman–Crippen MR) is 94.5 cm³/mol. The zero-order chi connectivity index (χ0) is 16.4. The Kier molecular flexibility index (Phi) is 6.07. The first-order chi connectivity index (χ1) is 11.1. The number of likely N-dealkylation sites (tertiary alicyclic amines) is 1. The molecular weight excluding hydrogens is 330 g/mol. The van der Waals surface area contributed by atoms with Gasteiger partial charge in [0.2, 0.25) is 5.91 Å². The molecule has 0 aliphatic carbocycles. The van der Waals surface area contributed by atoms with Gasteiger partial charge < -0.3 is 20.3 Å². The number of carbonyl (C=O) groups excluding carboxylic acids is 2. The smallest absolute Gasteiger partial charge is 0.267 e. The van der Waals surface area contributed by atoms with E-state index in [-0.39, 0.29) is 30.3 Å². The van der Waals surface area contributed by atoms with Gasteiger partial charge in [-0.05, 0) is 31.9 Å². The average molecular weight is 354 g/mol. The van der Waals surface area contributed by atoms with Crippen molar-refractivity contribution in [2.75, 3.05) is 24.5 Å². The van der Waals surface area contributed by atoms with E-state index in [4.69, 9.17) is 10.5 Å². The van der Waals surface area contributed by atoms with Gasteiger partial charge in [0.05, 0.1) is 5.69 Å². The molecule has 3 rings (SSSR count). The summed E-state index contributed by atoms with van der Waals surface area (Å²) in [5.41, 5.74) is 6.47. The SMILES string of the molecule is CC1Oc2ccccc2N(CCC(=O)N2CCCC2CN)C1=O.Cl. The van der Waals surface area contributed by atoms with E-state index < -0.39 is 6.10 Å². The Hall–Kier alpha value is -1.79. The van der Waals surface area contributed by atoms with Crippen LogP contribution in [0.4, 0.5) is 5.69 Å². The number of hydrogen-bond acceptors (Lipinski definition) is 4. The maximum Gasteiger partial charge on any atom is 0.267 e. The topological polar surface area (TPSA) is 75.9 Å². The highest BCUT2D eigenvalue weighted by Gasteiger charge is 2.33. The lowest BCUT2D eigenvalue weighted by Crippen LogP contribution is -2.47. The minimum atomic E-state index is -0.524. The fourth-order valence-corrected chi connectivity index (χ4v) is 3.35. The van der Waals surface area contributed by atoms with Gasteiger partial charge in [-0.1, -0.05) is 12.1 Å². The van der Waals surface area contributed by atoms with Crippen molar-refractivity contribution in [3.63, 3.8) is 0 Å². The normalized spacial score (nSPS) is 22.7. The van der Waals surface area contributed by atoms with Gasteiger partial charge in [-0.25, -0.2) is 0 Å².